The van der Waals surface area contributed by atoms with Gasteiger partial charge in [-0.25, -0.2) is 15.0 Å². The molecule has 7 heteroatoms. The molecule has 7 nitrogen and oxygen atoms in total. The zero-order chi connectivity index (χ0) is 21.0. The number of carbonyl (C=O) groups excluding carboxylic acids is 1. The quantitative estimate of drug-likeness (QED) is 0.689. The fourth-order valence-electron chi connectivity index (χ4n) is 4.86. The van der Waals surface area contributed by atoms with E-state index in [0.717, 1.165) is 61.6 Å². The molecular formula is C24H30N6O. The van der Waals surface area contributed by atoms with Crippen molar-refractivity contribution in [2.45, 2.75) is 51.5 Å². The van der Waals surface area contributed by atoms with Crippen LogP contribution in [0.25, 0.3) is 11.2 Å². The second kappa shape index (κ2) is 9.04. The molecule has 0 saturated carbocycles. The monoisotopic (exact) mass is 418 g/mol. The molecule has 2 aliphatic rings. The smallest absolute Gasteiger partial charge is 0.224 e. The van der Waals surface area contributed by atoms with E-state index in [9.17, 15) is 4.79 Å². The maximum absolute atomic E-state index is 12.8. The summed E-state index contributed by atoms with van der Waals surface area (Å²) in [7, 11) is 0. The van der Waals surface area contributed by atoms with E-state index in [1.54, 1.807) is 6.33 Å². The number of aryl methyl sites for hydroxylation is 2. The molecule has 4 heterocycles. The van der Waals surface area contributed by atoms with Crippen molar-refractivity contribution < 1.29 is 4.79 Å². The number of hydrogen-bond donors (Lipinski definition) is 1. The summed E-state index contributed by atoms with van der Waals surface area (Å²) in [6.45, 7) is 3.24. The molecule has 0 bridgehead atoms. The van der Waals surface area contributed by atoms with Gasteiger partial charge in [-0.15, -0.1) is 0 Å². The van der Waals surface area contributed by atoms with Crippen molar-refractivity contribution in [1.82, 2.24) is 24.8 Å². The lowest BCUT2D eigenvalue weighted by atomic mass is 9.97. The number of piperidine rings is 1. The van der Waals surface area contributed by atoms with Gasteiger partial charge < -0.3 is 14.8 Å². The van der Waals surface area contributed by atoms with Gasteiger partial charge in [0.1, 0.15) is 12.2 Å². The van der Waals surface area contributed by atoms with Crippen molar-refractivity contribution in [3.05, 3.63) is 48.0 Å². The summed E-state index contributed by atoms with van der Waals surface area (Å²) in [5, 5.41) is 3.14. The first-order chi connectivity index (χ1) is 15.3. The van der Waals surface area contributed by atoms with Gasteiger partial charge in [0.2, 0.25) is 5.91 Å². The van der Waals surface area contributed by atoms with Gasteiger partial charge in [-0.2, -0.15) is 0 Å². The van der Waals surface area contributed by atoms with Crippen LogP contribution in [0.15, 0.2) is 36.7 Å². The topological polar surface area (TPSA) is 75.9 Å². The minimum absolute atomic E-state index is 0.0185. The number of benzene rings is 1. The van der Waals surface area contributed by atoms with E-state index in [4.69, 9.17) is 4.98 Å². The Morgan fingerprint density at radius 3 is 2.87 bits per heavy atom. The molecule has 0 spiro atoms. The molecule has 1 amide bonds. The molecular weight excluding hydrogens is 388 g/mol. The van der Waals surface area contributed by atoms with Crippen LogP contribution in [-0.4, -0.2) is 45.1 Å². The summed E-state index contributed by atoms with van der Waals surface area (Å²) in [4.78, 5) is 29.2. The summed E-state index contributed by atoms with van der Waals surface area (Å²) in [5.74, 6) is 2.13. The van der Waals surface area contributed by atoms with Crippen LogP contribution < -0.4 is 10.2 Å². The number of anilines is 1. The minimum atomic E-state index is -0.0185. The lowest BCUT2D eigenvalue weighted by Crippen LogP contribution is -2.44. The number of fused-ring (bicyclic) bond motifs is 3. The van der Waals surface area contributed by atoms with Crippen molar-refractivity contribution in [2.24, 2.45) is 5.92 Å². The summed E-state index contributed by atoms with van der Waals surface area (Å²) in [6.07, 6.45) is 9.01. The van der Waals surface area contributed by atoms with Gasteiger partial charge in [-0.1, -0.05) is 36.8 Å². The van der Waals surface area contributed by atoms with Crippen molar-refractivity contribution in [3.8, 4) is 0 Å². The Kier molecular flexibility index (Phi) is 5.82. The second-order valence-electron chi connectivity index (χ2n) is 8.67. The second-order valence-corrected chi connectivity index (χ2v) is 8.67. The first kappa shape index (κ1) is 20.0. The van der Waals surface area contributed by atoms with E-state index in [2.05, 4.69) is 36.9 Å². The zero-order valence-electron chi connectivity index (χ0n) is 18.0. The maximum atomic E-state index is 12.8. The van der Waals surface area contributed by atoms with Gasteiger partial charge in [-0.05, 0) is 37.7 Å². The molecule has 0 unspecified atom stereocenters. The predicted octanol–water partition coefficient (Wildman–Crippen LogP) is 3.13. The van der Waals surface area contributed by atoms with Gasteiger partial charge in [0.15, 0.2) is 17.0 Å². The number of amides is 1. The molecule has 1 atom stereocenters. The van der Waals surface area contributed by atoms with E-state index >= 15 is 0 Å². The molecule has 1 saturated heterocycles. The van der Waals surface area contributed by atoms with Crippen molar-refractivity contribution in [1.29, 1.82) is 0 Å². The standard InChI is InChI=1S/C24H30N6O/c31-24(25-13-12-18-8-3-1-4-9-18)19-10-7-14-29(16-19)22-21-23(27-17-26-22)30-15-6-2-5-11-20(30)28-21/h1,3-4,8-9,17,19H,2,5-7,10-16H2,(H,25,31)/t19-/m0/s1. The summed E-state index contributed by atoms with van der Waals surface area (Å²) >= 11 is 0. The Labute approximate surface area is 182 Å². The average molecular weight is 419 g/mol. The van der Waals surface area contributed by atoms with Gasteiger partial charge in [-0.3, -0.25) is 4.79 Å². The van der Waals surface area contributed by atoms with Crippen molar-refractivity contribution in [2.75, 3.05) is 24.5 Å². The Balaban J connectivity index is 1.28. The number of imidazole rings is 1. The zero-order valence-corrected chi connectivity index (χ0v) is 18.0. The first-order valence-electron chi connectivity index (χ1n) is 11.6. The highest BCUT2D eigenvalue weighted by Crippen LogP contribution is 2.29. The molecule has 0 aliphatic carbocycles. The van der Waals surface area contributed by atoms with Crippen molar-refractivity contribution in [3.63, 3.8) is 0 Å². The fraction of sp³-hybridized carbons (Fsp3) is 0.500. The number of carbonyl (C=O) groups is 1. The van der Waals surface area contributed by atoms with E-state index in [-0.39, 0.29) is 11.8 Å². The number of nitrogens with zero attached hydrogens (tertiary/aromatic N) is 5. The molecule has 1 aromatic carbocycles. The van der Waals surface area contributed by atoms with Crippen LogP contribution in [0.1, 0.15) is 43.5 Å². The van der Waals surface area contributed by atoms with Crippen molar-refractivity contribution >= 4 is 22.9 Å². The average Bonchev–Trinajstić information content (AvgIpc) is 3.00. The third-order valence-electron chi connectivity index (χ3n) is 6.52. The van der Waals surface area contributed by atoms with Crippen LogP contribution in [-0.2, 0) is 24.2 Å². The van der Waals surface area contributed by atoms with Crippen LogP contribution in [0.5, 0.6) is 0 Å². The fourth-order valence-corrected chi connectivity index (χ4v) is 4.86. The SMILES string of the molecule is O=C(NCCc1ccccc1)[C@H]1CCCN(c2ncnc3c2nc2n3CCCCC2)C1. The Morgan fingerprint density at radius 1 is 1.06 bits per heavy atom. The molecule has 162 valence electrons. The Bertz CT molecular complexity index is 1050. The highest BCUT2D eigenvalue weighted by molar-refractivity contribution is 5.85. The van der Waals surface area contributed by atoms with Gasteiger partial charge >= 0.3 is 0 Å². The van der Waals surface area contributed by atoms with E-state index in [0.29, 0.717) is 13.1 Å². The van der Waals surface area contributed by atoms with E-state index < -0.39 is 0 Å². The molecule has 0 radical (unpaired) electrons. The highest BCUT2D eigenvalue weighted by atomic mass is 16.1. The van der Waals surface area contributed by atoms with Gasteiger partial charge in [0.05, 0.1) is 5.92 Å². The predicted molar refractivity (Wildman–Crippen MR) is 121 cm³/mol. The molecule has 5 rings (SSSR count). The largest absolute Gasteiger partial charge is 0.355 e. The molecule has 31 heavy (non-hydrogen) atoms. The third kappa shape index (κ3) is 4.27. The van der Waals surface area contributed by atoms with Crippen LogP contribution in [0.4, 0.5) is 5.82 Å². The summed E-state index contributed by atoms with van der Waals surface area (Å²) < 4.78 is 2.27. The maximum Gasteiger partial charge on any atom is 0.224 e. The first-order valence-corrected chi connectivity index (χ1v) is 11.6. The van der Waals surface area contributed by atoms with Gasteiger partial charge in [0.25, 0.3) is 0 Å². The Morgan fingerprint density at radius 2 is 1.97 bits per heavy atom. The summed E-state index contributed by atoms with van der Waals surface area (Å²) in [5.41, 5.74) is 3.08. The molecule has 3 aromatic rings. The minimum Gasteiger partial charge on any atom is -0.355 e. The third-order valence-corrected chi connectivity index (χ3v) is 6.52. The van der Waals surface area contributed by atoms with Crippen LogP contribution in [0.3, 0.4) is 0 Å². The summed E-state index contributed by atoms with van der Waals surface area (Å²) in [6, 6.07) is 10.3. The molecule has 1 N–H and O–H groups in total. The van der Waals surface area contributed by atoms with E-state index in [1.165, 1.54) is 24.8 Å². The van der Waals surface area contributed by atoms with E-state index in [1.807, 2.05) is 18.2 Å². The number of nitrogens with one attached hydrogen (secondary N) is 1. The number of hydrogen-bond acceptors (Lipinski definition) is 5. The van der Waals surface area contributed by atoms with Crippen LogP contribution in [0.2, 0.25) is 0 Å². The Hall–Kier alpha value is -2.96. The normalized spacial score (nSPS) is 19.1. The number of aromatic nitrogens is 4. The lowest BCUT2D eigenvalue weighted by molar-refractivity contribution is -0.125. The highest BCUT2D eigenvalue weighted by Gasteiger charge is 2.28. The van der Waals surface area contributed by atoms with Gasteiger partial charge in [0, 0.05) is 32.6 Å². The molecule has 2 aromatic heterocycles. The lowest BCUT2D eigenvalue weighted by Gasteiger charge is -2.32. The van der Waals surface area contributed by atoms with Crippen LogP contribution >= 0.6 is 0 Å². The molecule has 1 fully saturated rings. The molecule has 2 aliphatic heterocycles. The number of rotatable bonds is 5. The van der Waals surface area contributed by atoms with Crippen LogP contribution in [0, 0.1) is 5.92 Å².